The van der Waals surface area contributed by atoms with E-state index in [-0.39, 0.29) is 12.0 Å². The smallest absolute Gasteiger partial charge is 0.218 e. The van der Waals surface area contributed by atoms with E-state index in [1.165, 1.54) is 0 Å². The van der Waals surface area contributed by atoms with Crippen molar-refractivity contribution in [2.45, 2.75) is 44.8 Å². The molecule has 0 bridgehead atoms. The van der Waals surface area contributed by atoms with Gasteiger partial charge in [-0.3, -0.25) is 9.69 Å². The Bertz CT molecular complexity index is 195. The largest absolute Gasteiger partial charge is 0.393 e. The minimum Gasteiger partial charge on any atom is -0.393 e. The van der Waals surface area contributed by atoms with Crippen LogP contribution >= 0.6 is 0 Å². The van der Waals surface area contributed by atoms with E-state index in [4.69, 9.17) is 5.73 Å². The Labute approximate surface area is 85.1 Å². The first-order valence-electron chi connectivity index (χ1n) is 5.30. The highest BCUT2D eigenvalue weighted by atomic mass is 16.3. The van der Waals surface area contributed by atoms with E-state index in [0.717, 1.165) is 32.4 Å². The summed E-state index contributed by atoms with van der Waals surface area (Å²) in [5.74, 6) is -0.243. The number of carbonyl (C=O) groups excluding carboxylic acids is 1. The number of hydrogen-bond acceptors (Lipinski definition) is 3. The molecule has 14 heavy (non-hydrogen) atoms. The maximum absolute atomic E-state index is 10.6. The molecule has 1 saturated heterocycles. The van der Waals surface area contributed by atoms with Crippen LogP contribution in [-0.4, -0.2) is 41.1 Å². The molecular weight excluding hydrogens is 180 g/mol. The van der Waals surface area contributed by atoms with Gasteiger partial charge in [-0.05, 0) is 32.7 Å². The summed E-state index contributed by atoms with van der Waals surface area (Å²) in [6.45, 7) is 3.59. The first kappa shape index (κ1) is 11.5. The normalized spacial score (nSPS) is 25.1. The van der Waals surface area contributed by atoms with Gasteiger partial charge in [-0.1, -0.05) is 0 Å². The molecule has 0 aromatic carbocycles. The summed E-state index contributed by atoms with van der Waals surface area (Å²) in [6.07, 6.45) is 3.27. The average molecular weight is 200 g/mol. The Hall–Kier alpha value is -0.610. The van der Waals surface area contributed by atoms with Gasteiger partial charge in [-0.25, -0.2) is 0 Å². The van der Waals surface area contributed by atoms with Crippen LogP contribution in [0.2, 0.25) is 0 Å². The van der Waals surface area contributed by atoms with Crippen LogP contribution in [-0.2, 0) is 4.79 Å². The quantitative estimate of drug-likeness (QED) is 0.661. The molecule has 1 fully saturated rings. The van der Waals surface area contributed by atoms with Crippen molar-refractivity contribution >= 4 is 5.91 Å². The van der Waals surface area contributed by atoms with E-state index in [1.54, 1.807) is 0 Å². The van der Waals surface area contributed by atoms with Crippen LogP contribution in [0.3, 0.4) is 0 Å². The van der Waals surface area contributed by atoms with Gasteiger partial charge in [0.15, 0.2) is 0 Å². The van der Waals surface area contributed by atoms with Crippen LogP contribution in [0.15, 0.2) is 0 Å². The molecule has 0 aromatic heterocycles. The lowest BCUT2D eigenvalue weighted by Crippen LogP contribution is -2.34. The monoisotopic (exact) mass is 200 g/mol. The van der Waals surface area contributed by atoms with Gasteiger partial charge in [0.25, 0.3) is 0 Å². The Morgan fingerprint density at radius 1 is 1.71 bits per heavy atom. The molecule has 3 N–H and O–H groups in total. The second-order valence-corrected chi connectivity index (χ2v) is 4.13. The summed E-state index contributed by atoms with van der Waals surface area (Å²) >= 11 is 0. The number of nitrogens with two attached hydrogens (primary N) is 1. The van der Waals surface area contributed by atoms with Crippen molar-refractivity contribution in [1.29, 1.82) is 0 Å². The van der Waals surface area contributed by atoms with Gasteiger partial charge in [0, 0.05) is 19.0 Å². The van der Waals surface area contributed by atoms with E-state index < -0.39 is 0 Å². The molecule has 0 saturated carbocycles. The molecular formula is C10H20N2O2. The van der Waals surface area contributed by atoms with E-state index >= 15 is 0 Å². The van der Waals surface area contributed by atoms with Gasteiger partial charge in [0.1, 0.15) is 0 Å². The third kappa shape index (κ3) is 3.64. The summed E-state index contributed by atoms with van der Waals surface area (Å²) in [6, 6.07) is 0.439. The van der Waals surface area contributed by atoms with Crippen LogP contribution in [0, 0.1) is 0 Å². The maximum Gasteiger partial charge on any atom is 0.218 e. The number of nitrogens with zero attached hydrogens (tertiary/aromatic N) is 1. The Morgan fingerprint density at radius 3 is 3.00 bits per heavy atom. The maximum atomic E-state index is 10.6. The van der Waals surface area contributed by atoms with Crippen molar-refractivity contribution in [3.05, 3.63) is 0 Å². The third-order valence-electron chi connectivity index (χ3n) is 2.76. The molecule has 1 amide bonds. The van der Waals surface area contributed by atoms with Gasteiger partial charge < -0.3 is 10.8 Å². The van der Waals surface area contributed by atoms with Crippen LogP contribution < -0.4 is 5.73 Å². The fraction of sp³-hybridized carbons (Fsp3) is 0.900. The highest BCUT2D eigenvalue weighted by molar-refractivity contribution is 5.73. The second-order valence-electron chi connectivity index (χ2n) is 4.13. The number of primary amides is 1. The molecule has 1 rings (SSSR count). The molecule has 4 heteroatoms. The lowest BCUT2D eigenvalue weighted by atomic mass is 10.1. The van der Waals surface area contributed by atoms with Crippen molar-refractivity contribution in [3.63, 3.8) is 0 Å². The minimum absolute atomic E-state index is 0.243. The van der Waals surface area contributed by atoms with Crippen LogP contribution in [0.1, 0.15) is 32.6 Å². The minimum atomic E-state index is -0.255. The van der Waals surface area contributed by atoms with E-state index in [1.807, 2.05) is 6.92 Å². The zero-order chi connectivity index (χ0) is 10.6. The summed E-state index contributed by atoms with van der Waals surface area (Å²) in [7, 11) is 0. The Kier molecular flexibility index (Phi) is 4.35. The first-order valence-corrected chi connectivity index (χ1v) is 5.30. The van der Waals surface area contributed by atoms with Crippen molar-refractivity contribution in [3.8, 4) is 0 Å². The molecule has 1 aliphatic heterocycles. The molecule has 1 aliphatic rings. The van der Waals surface area contributed by atoms with Crippen molar-refractivity contribution in [2.24, 2.45) is 5.73 Å². The third-order valence-corrected chi connectivity index (χ3v) is 2.76. The van der Waals surface area contributed by atoms with Gasteiger partial charge in [-0.2, -0.15) is 0 Å². The highest BCUT2D eigenvalue weighted by Gasteiger charge is 2.25. The molecule has 2 unspecified atom stereocenters. The van der Waals surface area contributed by atoms with E-state index in [0.29, 0.717) is 12.5 Å². The SMILES string of the molecule is CC(O)CC1CCCN1CCC(N)=O. The number of hydrogen-bond donors (Lipinski definition) is 2. The van der Waals surface area contributed by atoms with Gasteiger partial charge in [0.2, 0.25) is 5.91 Å². The summed E-state index contributed by atoms with van der Waals surface area (Å²) in [5, 5.41) is 9.29. The fourth-order valence-electron chi connectivity index (χ4n) is 2.10. The predicted molar refractivity (Wildman–Crippen MR) is 54.7 cm³/mol. The van der Waals surface area contributed by atoms with Gasteiger partial charge in [0.05, 0.1) is 6.10 Å². The molecule has 2 atom stereocenters. The molecule has 1 heterocycles. The number of aliphatic hydroxyl groups excluding tert-OH is 1. The lowest BCUT2D eigenvalue weighted by Gasteiger charge is -2.24. The zero-order valence-corrected chi connectivity index (χ0v) is 8.78. The van der Waals surface area contributed by atoms with Gasteiger partial charge in [-0.15, -0.1) is 0 Å². The number of carbonyl (C=O) groups is 1. The van der Waals surface area contributed by atoms with Crippen molar-refractivity contribution < 1.29 is 9.90 Å². The second kappa shape index (κ2) is 5.32. The highest BCUT2D eigenvalue weighted by Crippen LogP contribution is 2.21. The number of likely N-dealkylation sites (tertiary alicyclic amines) is 1. The average Bonchev–Trinajstić information content (AvgIpc) is 2.47. The van der Waals surface area contributed by atoms with Crippen molar-refractivity contribution in [2.75, 3.05) is 13.1 Å². The van der Waals surface area contributed by atoms with Crippen LogP contribution in [0.5, 0.6) is 0 Å². The Morgan fingerprint density at radius 2 is 2.43 bits per heavy atom. The molecule has 4 nitrogen and oxygen atoms in total. The zero-order valence-electron chi connectivity index (χ0n) is 8.78. The van der Waals surface area contributed by atoms with Crippen LogP contribution in [0.4, 0.5) is 0 Å². The first-order chi connectivity index (χ1) is 6.59. The van der Waals surface area contributed by atoms with E-state index in [2.05, 4.69) is 4.90 Å². The standard InChI is InChI=1S/C10H20N2O2/c1-8(13)7-9-3-2-5-12(9)6-4-10(11)14/h8-9,13H,2-7H2,1H3,(H2,11,14). The van der Waals surface area contributed by atoms with Gasteiger partial charge >= 0.3 is 0 Å². The lowest BCUT2D eigenvalue weighted by molar-refractivity contribution is -0.118. The van der Waals surface area contributed by atoms with Crippen molar-refractivity contribution in [1.82, 2.24) is 4.90 Å². The predicted octanol–water partition coefficient (Wildman–Crippen LogP) is 0.0971. The fourth-order valence-corrected chi connectivity index (χ4v) is 2.10. The molecule has 0 aromatic rings. The molecule has 0 radical (unpaired) electrons. The van der Waals surface area contributed by atoms with E-state index in [9.17, 15) is 9.90 Å². The number of aliphatic hydroxyl groups is 1. The topological polar surface area (TPSA) is 66.6 Å². The number of rotatable bonds is 5. The molecule has 82 valence electrons. The number of amides is 1. The van der Waals surface area contributed by atoms with Crippen LogP contribution in [0.25, 0.3) is 0 Å². The molecule has 0 spiro atoms. The molecule has 0 aliphatic carbocycles. The summed E-state index contributed by atoms with van der Waals surface area (Å²) in [5.41, 5.74) is 5.10. The Balaban J connectivity index is 2.31. The summed E-state index contributed by atoms with van der Waals surface area (Å²) in [4.78, 5) is 12.9. The summed E-state index contributed by atoms with van der Waals surface area (Å²) < 4.78 is 0.